The fraction of sp³-hybridized carbons (Fsp3) is 0.125. The van der Waals surface area contributed by atoms with Crippen molar-refractivity contribution in [3.05, 3.63) is 56.8 Å². The van der Waals surface area contributed by atoms with Gasteiger partial charge in [0.05, 0.1) is 20.6 Å². The van der Waals surface area contributed by atoms with Crippen LogP contribution in [0.25, 0.3) is 10.9 Å². The average molecular weight is 358 g/mol. The molecular formula is C16H12BrN3S. The maximum Gasteiger partial charge on any atom is 0.103 e. The molecule has 2 heterocycles. The zero-order chi connectivity index (χ0) is 14.8. The second-order valence-corrected chi connectivity index (χ2v) is 7.06. The van der Waals surface area contributed by atoms with Crippen molar-refractivity contribution in [2.24, 2.45) is 0 Å². The molecule has 0 unspecified atom stereocenters. The van der Waals surface area contributed by atoms with E-state index < -0.39 is 0 Å². The molecule has 0 spiro atoms. The van der Waals surface area contributed by atoms with Crippen molar-refractivity contribution in [2.75, 3.05) is 11.9 Å². The van der Waals surface area contributed by atoms with Crippen LogP contribution in [0.5, 0.6) is 0 Å². The van der Waals surface area contributed by atoms with Gasteiger partial charge in [0.1, 0.15) is 6.07 Å². The normalized spacial score (nSPS) is 10.5. The highest BCUT2D eigenvalue weighted by molar-refractivity contribution is 9.11. The molecule has 0 saturated carbocycles. The number of benzene rings is 1. The molecular weight excluding hydrogens is 346 g/mol. The van der Waals surface area contributed by atoms with Crippen molar-refractivity contribution in [3.63, 3.8) is 0 Å². The number of para-hydroxylation sites is 1. The van der Waals surface area contributed by atoms with Crippen molar-refractivity contribution < 1.29 is 0 Å². The van der Waals surface area contributed by atoms with E-state index in [-0.39, 0.29) is 0 Å². The lowest BCUT2D eigenvalue weighted by atomic mass is 10.1. The summed E-state index contributed by atoms with van der Waals surface area (Å²) in [5.41, 5.74) is 3.67. The van der Waals surface area contributed by atoms with Gasteiger partial charge in [-0.25, -0.2) is 0 Å². The smallest absolute Gasteiger partial charge is 0.103 e. The van der Waals surface area contributed by atoms with Gasteiger partial charge < -0.3 is 4.90 Å². The molecule has 0 aliphatic rings. The summed E-state index contributed by atoms with van der Waals surface area (Å²) in [6.07, 6.45) is 1.65. The number of halogens is 1. The predicted molar refractivity (Wildman–Crippen MR) is 90.6 cm³/mol. The molecule has 0 aliphatic carbocycles. The van der Waals surface area contributed by atoms with Gasteiger partial charge in [-0.05, 0) is 39.0 Å². The van der Waals surface area contributed by atoms with E-state index in [0.29, 0.717) is 5.56 Å². The molecule has 3 rings (SSSR count). The number of nitrogens with zero attached hydrogens (tertiary/aromatic N) is 3. The van der Waals surface area contributed by atoms with E-state index in [9.17, 15) is 5.26 Å². The monoisotopic (exact) mass is 357 g/mol. The molecule has 3 aromatic rings. The van der Waals surface area contributed by atoms with Gasteiger partial charge in [-0.1, -0.05) is 18.2 Å². The quantitative estimate of drug-likeness (QED) is 0.689. The molecule has 0 aliphatic heterocycles. The van der Waals surface area contributed by atoms with Gasteiger partial charge in [0.2, 0.25) is 0 Å². The van der Waals surface area contributed by atoms with Crippen molar-refractivity contribution in [3.8, 4) is 6.07 Å². The highest BCUT2D eigenvalue weighted by Gasteiger charge is 2.13. The second kappa shape index (κ2) is 5.84. The van der Waals surface area contributed by atoms with Crippen LogP contribution in [0.4, 0.5) is 5.69 Å². The Labute approximate surface area is 135 Å². The average Bonchev–Trinajstić information content (AvgIpc) is 2.90. The third-order valence-electron chi connectivity index (χ3n) is 3.29. The summed E-state index contributed by atoms with van der Waals surface area (Å²) in [7, 11) is 2.01. The first-order valence-corrected chi connectivity index (χ1v) is 8.08. The minimum absolute atomic E-state index is 0.602. The van der Waals surface area contributed by atoms with Crippen LogP contribution in [0, 0.1) is 11.3 Å². The van der Waals surface area contributed by atoms with Crippen molar-refractivity contribution in [2.45, 2.75) is 6.54 Å². The van der Waals surface area contributed by atoms with E-state index in [2.05, 4.69) is 43.3 Å². The van der Waals surface area contributed by atoms with E-state index in [1.165, 1.54) is 5.56 Å². The van der Waals surface area contributed by atoms with Crippen molar-refractivity contribution in [1.29, 1.82) is 5.26 Å². The fourth-order valence-corrected chi connectivity index (χ4v) is 3.60. The van der Waals surface area contributed by atoms with Crippen LogP contribution < -0.4 is 4.90 Å². The summed E-state index contributed by atoms with van der Waals surface area (Å²) in [6.45, 7) is 0.755. The van der Waals surface area contributed by atoms with E-state index in [0.717, 1.165) is 26.9 Å². The topological polar surface area (TPSA) is 39.9 Å². The Hall–Kier alpha value is -1.90. The number of aromatic nitrogens is 1. The Morgan fingerprint density at radius 3 is 2.90 bits per heavy atom. The first-order chi connectivity index (χ1) is 10.2. The van der Waals surface area contributed by atoms with Gasteiger partial charge in [-0.2, -0.15) is 5.26 Å². The molecule has 2 aromatic heterocycles. The second-order valence-electron chi connectivity index (χ2n) is 4.76. The number of anilines is 1. The molecule has 0 saturated heterocycles. The Morgan fingerprint density at radius 1 is 1.38 bits per heavy atom. The van der Waals surface area contributed by atoms with Gasteiger partial charge in [0, 0.05) is 25.2 Å². The summed E-state index contributed by atoms with van der Waals surface area (Å²) in [5, 5.41) is 12.5. The lowest BCUT2D eigenvalue weighted by molar-refractivity contribution is 0.929. The van der Waals surface area contributed by atoms with Gasteiger partial charge in [0.15, 0.2) is 0 Å². The van der Waals surface area contributed by atoms with Crippen LogP contribution >= 0.6 is 27.3 Å². The molecule has 5 heteroatoms. The molecule has 0 amide bonds. The lowest BCUT2D eigenvalue weighted by Gasteiger charge is -2.21. The lowest BCUT2D eigenvalue weighted by Crippen LogP contribution is -2.17. The van der Waals surface area contributed by atoms with Crippen LogP contribution in [0.15, 0.2) is 45.7 Å². The van der Waals surface area contributed by atoms with Crippen LogP contribution in [0.2, 0.25) is 0 Å². The van der Waals surface area contributed by atoms with Gasteiger partial charge in [-0.3, -0.25) is 4.98 Å². The van der Waals surface area contributed by atoms with E-state index in [1.807, 2.05) is 31.3 Å². The minimum atomic E-state index is 0.602. The number of thiophene rings is 1. The Kier molecular flexibility index (Phi) is 3.91. The van der Waals surface area contributed by atoms with Crippen LogP contribution in [0.1, 0.15) is 11.1 Å². The number of hydrogen-bond acceptors (Lipinski definition) is 4. The summed E-state index contributed by atoms with van der Waals surface area (Å²) < 4.78 is 1.12. The molecule has 1 aromatic carbocycles. The maximum absolute atomic E-state index is 9.37. The minimum Gasteiger partial charge on any atom is -0.369 e. The highest BCUT2D eigenvalue weighted by atomic mass is 79.9. The molecule has 104 valence electrons. The van der Waals surface area contributed by atoms with Gasteiger partial charge in [-0.15, -0.1) is 11.3 Å². The SMILES string of the molecule is CN(Cc1csc(Br)c1)c1c(C#N)cnc2ccccc12. The van der Waals surface area contributed by atoms with Gasteiger partial charge in [0.25, 0.3) is 0 Å². The Balaban J connectivity index is 2.07. The highest BCUT2D eigenvalue weighted by Crippen LogP contribution is 2.30. The summed E-state index contributed by atoms with van der Waals surface area (Å²) in [6, 6.07) is 12.3. The summed E-state index contributed by atoms with van der Waals surface area (Å²) >= 11 is 5.15. The van der Waals surface area contributed by atoms with Crippen molar-refractivity contribution in [1.82, 2.24) is 4.98 Å². The first-order valence-electron chi connectivity index (χ1n) is 6.41. The predicted octanol–water partition coefficient (Wildman–Crippen LogP) is 4.57. The Bertz CT molecular complexity index is 835. The largest absolute Gasteiger partial charge is 0.369 e. The van der Waals surface area contributed by atoms with E-state index in [4.69, 9.17) is 0 Å². The number of pyridine rings is 1. The number of nitriles is 1. The zero-order valence-electron chi connectivity index (χ0n) is 11.4. The zero-order valence-corrected chi connectivity index (χ0v) is 13.8. The number of fused-ring (bicyclic) bond motifs is 1. The summed E-state index contributed by atoms with van der Waals surface area (Å²) in [5.74, 6) is 0. The molecule has 0 atom stereocenters. The van der Waals surface area contributed by atoms with Crippen LogP contribution in [0.3, 0.4) is 0 Å². The molecule has 0 fully saturated rings. The molecule has 0 N–H and O–H groups in total. The standard InChI is InChI=1S/C16H12BrN3S/c1-20(9-11-6-15(17)21-10-11)16-12(7-18)8-19-14-5-3-2-4-13(14)16/h2-6,8,10H,9H2,1H3. The number of rotatable bonds is 3. The first kappa shape index (κ1) is 14.1. The van der Waals surface area contributed by atoms with Crippen LogP contribution in [-0.2, 0) is 6.54 Å². The van der Waals surface area contributed by atoms with E-state index >= 15 is 0 Å². The third kappa shape index (κ3) is 2.78. The maximum atomic E-state index is 9.37. The van der Waals surface area contributed by atoms with Crippen molar-refractivity contribution >= 4 is 43.9 Å². The fourth-order valence-electron chi connectivity index (χ4n) is 2.40. The summed E-state index contributed by atoms with van der Waals surface area (Å²) in [4.78, 5) is 6.46. The van der Waals surface area contributed by atoms with E-state index in [1.54, 1.807) is 17.5 Å². The molecule has 0 radical (unpaired) electrons. The van der Waals surface area contributed by atoms with Gasteiger partial charge >= 0.3 is 0 Å². The third-order valence-corrected chi connectivity index (χ3v) is 4.84. The molecule has 21 heavy (non-hydrogen) atoms. The van der Waals surface area contributed by atoms with Crippen LogP contribution in [-0.4, -0.2) is 12.0 Å². The number of hydrogen-bond donors (Lipinski definition) is 0. The Morgan fingerprint density at radius 2 is 2.19 bits per heavy atom. The molecule has 3 nitrogen and oxygen atoms in total. The molecule has 0 bridgehead atoms.